The molecule has 0 bridgehead atoms. The Hall–Kier alpha value is -1.81. The molecule has 0 amide bonds. The lowest BCUT2D eigenvalue weighted by atomic mass is 10.0. The summed E-state index contributed by atoms with van der Waals surface area (Å²) in [7, 11) is 0. The van der Waals surface area contributed by atoms with Gasteiger partial charge in [-0.25, -0.2) is 0 Å². The predicted molar refractivity (Wildman–Crippen MR) is 74.0 cm³/mol. The van der Waals surface area contributed by atoms with Gasteiger partial charge in [0.1, 0.15) is 12.4 Å². The van der Waals surface area contributed by atoms with Crippen LogP contribution in [0.3, 0.4) is 0 Å². The van der Waals surface area contributed by atoms with Crippen molar-refractivity contribution in [2.75, 3.05) is 0 Å². The molecular weight excluding hydrogens is 240 g/mol. The molecule has 0 saturated heterocycles. The van der Waals surface area contributed by atoms with Crippen LogP contribution in [0.1, 0.15) is 30.2 Å². The van der Waals surface area contributed by atoms with E-state index in [-0.39, 0.29) is 6.04 Å². The maximum atomic E-state index is 6.03. The van der Waals surface area contributed by atoms with E-state index in [1.54, 1.807) is 12.3 Å². The van der Waals surface area contributed by atoms with Crippen molar-refractivity contribution in [2.45, 2.75) is 39.3 Å². The largest absolute Gasteiger partial charge is 0.485 e. The Kier molecular flexibility index (Phi) is 4.58. The highest BCUT2D eigenvalue weighted by Gasteiger charge is 2.09. The van der Waals surface area contributed by atoms with Crippen LogP contribution in [0.25, 0.3) is 0 Å². The molecule has 1 atom stereocenters. The summed E-state index contributed by atoms with van der Waals surface area (Å²) in [6.45, 7) is 4.55. The number of aromatic nitrogens is 1. The van der Waals surface area contributed by atoms with Gasteiger partial charge < -0.3 is 15.0 Å². The van der Waals surface area contributed by atoms with E-state index in [1.165, 1.54) is 5.56 Å². The van der Waals surface area contributed by atoms with E-state index < -0.39 is 0 Å². The highest BCUT2D eigenvalue weighted by Crippen LogP contribution is 2.23. The van der Waals surface area contributed by atoms with E-state index in [2.05, 4.69) is 25.1 Å². The van der Waals surface area contributed by atoms with Crippen LogP contribution in [0.4, 0.5) is 0 Å². The summed E-state index contributed by atoms with van der Waals surface area (Å²) >= 11 is 0. The third kappa shape index (κ3) is 3.83. The minimum atomic E-state index is 0.162. The number of rotatable bonds is 6. The second-order valence-corrected chi connectivity index (χ2v) is 4.75. The highest BCUT2D eigenvalue weighted by molar-refractivity contribution is 5.37. The van der Waals surface area contributed by atoms with Crippen molar-refractivity contribution in [1.29, 1.82) is 0 Å². The van der Waals surface area contributed by atoms with Gasteiger partial charge in [0.2, 0.25) is 0 Å². The van der Waals surface area contributed by atoms with Crippen molar-refractivity contribution in [3.8, 4) is 5.75 Å². The van der Waals surface area contributed by atoms with E-state index in [4.69, 9.17) is 15.0 Å². The number of nitrogens with two attached hydrogens (primary N) is 1. The zero-order chi connectivity index (χ0) is 13.7. The van der Waals surface area contributed by atoms with Crippen molar-refractivity contribution in [3.63, 3.8) is 0 Å². The van der Waals surface area contributed by atoms with Crippen LogP contribution in [-0.4, -0.2) is 11.2 Å². The zero-order valence-electron chi connectivity index (χ0n) is 11.4. The van der Waals surface area contributed by atoms with Crippen molar-refractivity contribution >= 4 is 0 Å². The Labute approximate surface area is 113 Å². The molecular formula is C15H20N2O2. The minimum Gasteiger partial charge on any atom is -0.485 e. The summed E-state index contributed by atoms with van der Waals surface area (Å²) in [5, 5.41) is 3.66. The summed E-state index contributed by atoms with van der Waals surface area (Å²) in [5.41, 5.74) is 8.39. The standard InChI is InChI=1S/C15H20N2O2/c1-3-13(16)9-12-8-11(2)4-5-15(12)18-10-14-6-7-17-19-14/h4-8,13H,3,9-10,16H2,1-2H3. The average molecular weight is 260 g/mol. The van der Waals surface area contributed by atoms with Crippen LogP contribution in [0.15, 0.2) is 35.0 Å². The van der Waals surface area contributed by atoms with Gasteiger partial charge >= 0.3 is 0 Å². The average Bonchev–Trinajstić information content (AvgIpc) is 2.91. The van der Waals surface area contributed by atoms with Crippen LogP contribution in [-0.2, 0) is 13.0 Å². The molecule has 1 heterocycles. The maximum absolute atomic E-state index is 6.03. The molecule has 1 aromatic heterocycles. The van der Waals surface area contributed by atoms with E-state index in [0.717, 1.165) is 24.2 Å². The number of hydrogen-bond donors (Lipinski definition) is 1. The first-order valence-corrected chi connectivity index (χ1v) is 6.56. The first kappa shape index (κ1) is 13.6. The fourth-order valence-electron chi connectivity index (χ4n) is 1.90. The Morgan fingerprint density at radius 3 is 2.89 bits per heavy atom. The number of ether oxygens (including phenoxy) is 1. The van der Waals surface area contributed by atoms with Crippen molar-refractivity contribution < 1.29 is 9.26 Å². The monoisotopic (exact) mass is 260 g/mol. The predicted octanol–water partition coefficient (Wildman–Crippen LogP) is 2.84. The quantitative estimate of drug-likeness (QED) is 0.867. The molecule has 1 unspecified atom stereocenters. The lowest BCUT2D eigenvalue weighted by Gasteiger charge is -2.14. The maximum Gasteiger partial charge on any atom is 0.174 e. The molecule has 0 fully saturated rings. The molecule has 4 heteroatoms. The van der Waals surface area contributed by atoms with E-state index in [1.807, 2.05) is 12.1 Å². The first-order chi connectivity index (χ1) is 9.19. The van der Waals surface area contributed by atoms with Crippen molar-refractivity contribution in [3.05, 3.63) is 47.3 Å². The van der Waals surface area contributed by atoms with Gasteiger partial charge in [-0.15, -0.1) is 0 Å². The van der Waals surface area contributed by atoms with Gasteiger partial charge in [0, 0.05) is 12.1 Å². The molecule has 2 rings (SSSR count). The molecule has 0 spiro atoms. The van der Waals surface area contributed by atoms with E-state index >= 15 is 0 Å². The van der Waals surface area contributed by atoms with Crippen LogP contribution in [0.5, 0.6) is 5.75 Å². The van der Waals surface area contributed by atoms with Gasteiger partial charge in [-0.05, 0) is 31.4 Å². The smallest absolute Gasteiger partial charge is 0.174 e. The van der Waals surface area contributed by atoms with Crippen LogP contribution < -0.4 is 10.5 Å². The lowest BCUT2D eigenvalue weighted by molar-refractivity contribution is 0.247. The van der Waals surface area contributed by atoms with Gasteiger partial charge in [-0.3, -0.25) is 0 Å². The molecule has 1 aromatic carbocycles. The fourth-order valence-corrected chi connectivity index (χ4v) is 1.90. The summed E-state index contributed by atoms with van der Waals surface area (Å²) in [5.74, 6) is 1.58. The Balaban J connectivity index is 2.09. The third-order valence-corrected chi connectivity index (χ3v) is 3.08. The lowest BCUT2D eigenvalue weighted by Crippen LogP contribution is -2.21. The van der Waals surface area contributed by atoms with Gasteiger partial charge in [0.15, 0.2) is 5.76 Å². The SMILES string of the molecule is CCC(N)Cc1cc(C)ccc1OCc1ccno1. The van der Waals surface area contributed by atoms with Crippen molar-refractivity contribution in [2.24, 2.45) is 5.73 Å². The zero-order valence-corrected chi connectivity index (χ0v) is 11.4. The summed E-state index contributed by atoms with van der Waals surface area (Å²) < 4.78 is 10.8. The molecule has 2 N–H and O–H groups in total. The summed E-state index contributed by atoms with van der Waals surface area (Å²) in [4.78, 5) is 0. The molecule has 4 nitrogen and oxygen atoms in total. The molecule has 102 valence electrons. The van der Waals surface area contributed by atoms with Gasteiger partial charge in [0.05, 0.1) is 6.20 Å². The topological polar surface area (TPSA) is 61.3 Å². The van der Waals surface area contributed by atoms with E-state index in [9.17, 15) is 0 Å². The molecule has 0 aliphatic heterocycles. The third-order valence-electron chi connectivity index (χ3n) is 3.08. The van der Waals surface area contributed by atoms with Crippen LogP contribution >= 0.6 is 0 Å². The Bertz CT molecular complexity index is 509. The molecule has 0 aliphatic rings. The molecule has 0 radical (unpaired) electrons. The second-order valence-electron chi connectivity index (χ2n) is 4.75. The summed E-state index contributed by atoms with van der Waals surface area (Å²) in [6.07, 6.45) is 3.39. The van der Waals surface area contributed by atoms with Crippen LogP contribution in [0, 0.1) is 6.92 Å². The van der Waals surface area contributed by atoms with Crippen molar-refractivity contribution in [1.82, 2.24) is 5.16 Å². The normalized spacial score (nSPS) is 12.4. The van der Waals surface area contributed by atoms with Gasteiger partial charge in [-0.1, -0.05) is 29.8 Å². The second kappa shape index (κ2) is 6.38. The molecule has 0 saturated carbocycles. The highest BCUT2D eigenvalue weighted by atomic mass is 16.5. The van der Waals surface area contributed by atoms with Crippen LogP contribution in [0.2, 0.25) is 0 Å². The number of benzene rings is 1. The molecule has 2 aromatic rings. The number of aryl methyl sites for hydroxylation is 1. The van der Waals surface area contributed by atoms with Gasteiger partial charge in [0.25, 0.3) is 0 Å². The Morgan fingerprint density at radius 1 is 1.37 bits per heavy atom. The molecule has 19 heavy (non-hydrogen) atoms. The number of hydrogen-bond acceptors (Lipinski definition) is 4. The first-order valence-electron chi connectivity index (χ1n) is 6.56. The van der Waals surface area contributed by atoms with Gasteiger partial charge in [-0.2, -0.15) is 0 Å². The number of nitrogens with zero attached hydrogens (tertiary/aromatic N) is 1. The molecule has 0 aliphatic carbocycles. The summed E-state index contributed by atoms with van der Waals surface area (Å²) in [6, 6.07) is 8.12. The fraction of sp³-hybridized carbons (Fsp3) is 0.400. The minimum absolute atomic E-state index is 0.162. The van der Waals surface area contributed by atoms with E-state index in [0.29, 0.717) is 12.4 Å². The Morgan fingerprint density at radius 2 is 2.21 bits per heavy atom.